The minimum absolute atomic E-state index is 0.0817. The number of thiophene rings is 1. The van der Waals surface area contributed by atoms with Gasteiger partial charge in [-0.15, -0.1) is 11.3 Å². The van der Waals surface area contributed by atoms with E-state index in [-0.39, 0.29) is 10.8 Å². The fraction of sp³-hybridized carbons (Fsp3) is 0.122. The van der Waals surface area contributed by atoms with E-state index in [9.17, 15) is 0 Å². The van der Waals surface area contributed by atoms with Crippen LogP contribution in [0, 0.1) is 0 Å². The van der Waals surface area contributed by atoms with Crippen molar-refractivity contribution in [1.29, 1.82) is 0 Å². The average Bonchev–Trinajstić information content (AvgIpc) is 3.57. The molecule has 0 spiro atoms. The fourth-order valence-electron chi connectivity index (χ4n) is 8.28. The molecule has 0 radical (unpaired) electrons. The molecule has 3 nitrogen and oxygen atoms in total. The summed E-state index contributed by atoms with van der Waals surface area (Å²) in [6.45, 7) is 9.66. The van der Waals surface area contributed by atoms with E-state index in [0.717, 1.165) is 22.3 Å². The summed E-state index contributed by atoms with van der Waals surface area (Å²) >= 11 is 1.90. The lowest BCUT2D eigenvalue weighted by atomic mass is 9.55. The lowest BCUT2D eigenvalue weighted by molar-refractivity contribution is 0.299. The first kappa shape index (κ1) is 31.7. The van der Waals surface area contributed by atoms with Crippen LogP contribution in [0.3, 0.4) is 0 Å². The Kier molecular flexibility index (Phi) is 7.05. The van der Waals surface area contributed by atoms with E-state index in [2.05, 4.69) is 119 Å². The molecule has 7 aromatic carbocycles. The molecule has 0 saturated carbocycles. The van der Waals surface area contributed by atoms with E-state index in [1.54, 1.807) is 0 Å². The van der Waals surface area contributed by atoms with Gasteiger partial charge in [0.05, 0.1) is 0 Å². The Balaban J connectivity index is 1.16. The molecule has 2 aromatic heterocycles. The third-order valence-corrected chi connectivity index (χ3v) is 13.0. The van der Waals surface area contributed by atoms with Crippen LogP contribution in [-0.4, -0.2) is 15.0 Å². The van der Waals surface area contributed by atoms with Crippen molar-refractivity contribution in [3.05, 3.63) is 163 Å². The quantitative estimate of drug-likeness (QED) is 0.184. The van der Waals surface area contributed by atoms with Crippen molar-refractivity contribution in [1.82, 2.24) is 15.0 Å². The molecule has 4 heteroatoms. The first-order valence-corrected chi connectivity index (χ1v) is 19.1. The number of hydrogen-bond donors (Lipinski definition) is 0. The monoisotopic (exact) mass is 699 g/mol. The lowest BCUT2D eigenvalue weighted by Crippen LogP contribution is -2.43. The molecule has 0 unspecified atom stereocenters. The first-order chi connectivity index (χ1) is 25.8. The van der Waals surface area contributed by atoms with Gasteiger partial charge < -0.3 is 0 Å². The van der Waals surface area contributed by atoms with Crippen LogP contribution in [0.15, 0.2) is 152 Å². The summed E-state index contributed by atoms with van der Waals surface area (Å²) in [7, 11) is 0. The molecule has 1 aliphatic rings. The largest absolute Gasteiger partial charge is 0.208 e. The van der Waals surface area contributed by atoms with E-state index in [0.29, 0.717) is 17.5 Å². The van der Waals surface area contributed by atoms with Crippen molar-refractivity contribution in [2.45, 2.75) is 38.5 Å². The summed E-state index contributed by atoms with van der Waals surface area (Å²) in [6.07, 6.45) is 0. The first-order valence-electron chi connectivity index (χ1n) is 18.3. The number of fused-ring (bicyclic) bond motifs is 8. The summed E-state index contributed by atoms with van der Waals surface area (Å²) in [5.74, 6) is 1.98. The van der Waals surface area contributed by atoms with Crippen LogP contribution >= 0.6 is 11.3 Å². The molecule has 0 aliphatic heterocycles. The summed E-state index contributed by atoms with van der Waals surface area (Å²) in [4.78, 5) is 15.0. The van der Waals surface area contributed by atoms with E-state index in [4.69, 9.17) is 15.0 Å². The average molecular weight is 700 g/mol. The molecule has 0 amide bonds. The molecule has 53 heavy (non-hydrogen) atoms. The van der Waals surface area contributed by atoms with Crippen molar-refractivity contribution in [3.8, 4) is 56.4 Å². The van der Waals surface area contributed by atoms with Crippen LogP contribution in [0.2, 0.25) is 0 Å². The highest BCUT2D eigenvalue weighted by molar-refractivity contribution is 7.26. The van der Waals surface area contributed by atoms with Gasteiger partial charge in [-0.05, 0) is 85.3 Å². The standard InChI is InChI=1S/C49H37N3S/c1-48(2)39-23-22-35(27-37(39)43-40(49(48,3)4)24-25-41-44(43)38-28-33-18-11-12-19-34(33)29-42(38)53-41)32-20-13-21-36(26-32)47-51-45(30-14-7-5-8-15-30)50-46(52-47)31-16-9-6-10-17-31/h5-29H,1-4H3. The van der Waals surface area contributed by atoms with Gasteiger partial charge in [-0.25, -0.2) is 15.0 Å². The summed E-state index contributed by atoms with van der Waals surface area (Å²) < 4.78 is 2.67. The zero-order valence-corrected chi connectivity index (χ0v) is 31.0. The Morgan fingerprint density at radius 1 is 0.415 bits per heavy atom. The highest BCUT2D eigenvalue weighted by atomic mass is 32.1. The maximum absolute atomic E-state index is 5.03. The van der Waals surface area contributed by atoms with Gasteiger partial charge in [-0.1, -0.05) is 149 Å². The van der Waals surface area contributed by atoms with Crippen LogP contribution in [0.4, 0.5) is 0 Å². The molecule has 0 atom stereocenters. The van der Waals surface area contributed by atoms with Crippen LogP contribution in [0.5, 0.6) is 0 Å². The van der Waals surface area contributed by atoms with Crippen LogP contribution in [-0.2, 0) is 10.8 Å². The van der Waals surface area contributed by atoms with Gasteiger partial charge in [-0.2, -0.15) is 0 Å². The van der Waals surface area contributed by atoms with Crippen molar-refractivity contribution in [2.24, 2.45) is 0 Å². The van der Waals surface area contributed by atoms with Crippen molar-refractivity contribution < 1.29 is 0 Å². The summed E-state index contributed by atoms with van der Waals surface area (Å²) in [6, 6.07) is 54.4. The SMILES string of the molecule is CC1(C)c2ccc(-c3cccc(-c4nc(-c5ccccc5)nc(-c5ccccc5)n4)c3)cc2-c2c(ccc3sc4cc5ccccc5cc4c23)C1(C)C. The predicted octanol–water partition coefficient (Wildman–Crippen LogP) is 13.3. The second-order valence-corrected chi connectivity index (χ2v) is 16.4. The van der Waals surface area contributed by atoms with Crippen LogP contribution in [0.1, 0.15) is 38.8 Å². The Bertz CT molecular complexity index is 2830. The van der Waals surface area contributed by atoms with Gasteiger partial charge >= 0.3 is 0 Å². The summed E-state index contributed by atoms with van der Waals surface area (Å²) in [5, 5.41) is 5.28. The second kappa shape index (κ2) is 11.8. The molecule has 9 aromatic rings. The molecule has 2 heterocycles. The normalized spacial score (nSPS) is 14.3. The van der Waals surface area contributed by atoms with Crippen LogP contribution in [0.25, 0.3) is 87.4 Å². The van der Waals surface area contributed by atoms with Crippen molar-refractivity contribution in [3.63, 3.8) is 0 Å². The van der Waals surface area contributed by atoms with Gasteiger partial charge in [0.1, 0.15) is 0 Å². The van der Waals surface area contributed by atoms with E-state index in [1.165, 1.54) is 58.8 Å². The van der Waals surface area contributed by atoms with Crippen molar-refractivity contribution in [2.75, 3.05) is 0 Å². The van der Waals surface area contributed by atoms with Gasteiger partial charge in [-0.3, -0.25) is 0 Å². The maximum Gasteiger partial charge on any atom is 0.164 e. The topological polar surface area (TPSA) is 38.7 Å². The smallest absolute Gasteiger partial charge is 0.164 e. The van der Waals surface area contributed by atoms with Crippen molar-refractivity contribution >= 4 is 42.3 Å². The molecule has 0 saturated heterocycles. The highest BCUT2D eigenvalue weighted by Gasteiger charge is 2.46. The van der Waals surface area contributed by atoms with Gasteiger partial charge in [0, 0.05) is 36.9 Å². The van der Waals surface area contributed by atoms with Gasteiger partial charge in [0.25, 0.3) is 0 Å². The number of rotatable bonds is 4. The number of aromatic nitrogens is 3. The molecule has 0 fully saturated rings. The van der Waals surface area contributed by atoms with Gasteiger partial charge in [0.2, 0.25) is 0 Å². The van der Waals surface area contributed by atoms with E-state index >= 15 is 0 Å². The number of benzene rings is 7. The molecule has 1 aliphatic carbocycles. The minimum atomic E-state index is -0.0888. The lowest BCUT2D eigenvalue weighted by Gasteiger charge is -2.48. The zero-order valence-electron chi connectivity index (χ0n) is 30.2. The fourth-order valence-corrected chi connectivity index (χ4v) is 9.42. The Labute approximate surface area is 313 Å². The Hall–Kier alpha value is -5.97. The Morgan fingerprint density at radius 3 is 1.62 bits per heavy atom. The third kappa shape index (κ3) is 4.97. The number of hydrogen-bond acceptors (Lipinski definition) is 4. The highest BCUT2D eigenvalue weighted by Crippen LogP contribution is 2.57. The molecule has 0 bridgehead atoms. The third-order valence-electron chi connectivity index (χ3n) is 11.9. The molecule has 10 rings (SSSR count). The predicted molar refractivity (Wildman–Crippen MR) is 223 cm³/mol. The minimum Gasteiger partial charge on any atom is -0.208 e. The second-order valence-electron chi connectivity index (χ2n) is 15.3. The summed E-state index contributed by atoms with van der Waals surface area (Å²) in [5.41, 5.74) is 10.5. The zero-order chi connectivity index (χ0) is 35.9. The molecule has 254 valence electrons. The van der Waals surface area contributed by atoms with E-state index < -0.39 is 0 Å². The van der Waals surface area contributed by atoms with Gasteiger partial charge in [0.15, 0.2) is 17.5 Å². The number of nitrogens with zero attached hydrogens (tertiary/aromatic N) is 3. The molecule has 0 N–H and O–H groups in total. The van der Waals surface area contributed by atoms with Crippen LogP contribution < -0.4 is 0 Å². The molecular weight excluding hydrogens is 663 g/mol. The Morgan fingerprint density at radius 2 is 0.943 bits per heavy atom. The maximum atomic E-state index is 5.03. The molecular formula is C49H37N3S. The van der Waals surface area contributed by atoms with E-state index in [1.807, 2.05) is 72.0 Å².